The summed E-state index contributed by atoms with van der Waals surface area (Å²) in [4.78, 5) is 15.7. The summed E-state index contributed by atoms with van der Waals surface area (Å²) >= 11 is 0. The van der Waals surface area contributed by atoms with E-state index in [4.69, 9.17) is 9.47 Å². The Kier molecular flexibility index (Phi) is 6.37. The van der Waals surface area contributed by atoms with Crippen LogP contribution < -0.4 is 9.80 Å². The van der Waals surface area contributed by atoms with Crippen LogP contribution in [-0.2, 0) is 14.3 Å². The predicted octanol–water partition coefficient (Wildman–Crippen LogP) is 4.31. The second-order valence-corrected chi connectivity index (χ2v) is 7.87. The van der Waals surface area contributed by atoms with Crippen LogP contribution in [0.5, 0.6) is 0 Å². The number of ether oxygens (including phenoxy) is 2. The lowest BCUT2D eigenvalue weighted by atomic mass is 9.96. The normalized spacial score (nSPS) is 21.9. The first-order valence-electron chi connectivity index (χ1n) is 9.76. The Balaban J connectivity index is 1.72. The lowest BCUT2D eigenvalue weighted by Gasteiger charge is -2.39. The lowest BCUT2D eigenvalue weighted by molar-refractivity contribution is -0.256. The molecule has 0 bridgehead atoms. The summed E-state index contributed by atoms with van der Waals surface area (Å²) < 4.78 is 12.1. The van der Waals surface area contributed by atoms with Gasteiger partial charge in [0.25, 0.3) is 0 Å². The van der Waals surface area contributed by atoms with E-state index in [2.05, 4.69) is 25.1 Å². The molecular weight excluding hydrogens is 352 g/mol. The minimum atomic E-state index is -0.360. The number of amides is 1. The number of rotatable bonds is 7. The van der Waals surface area contributed by atoms with Crippen LogP contribution in [0.3, 0.4) is 0 Å². The molecule has 0 radical (unpaired) electrons. The van der Waals surface area contributed by atoms with E-state index in [1.807, 2.05) is 56.3 Å². The van der Waals surface area contributed by atoms with Gasteiger partial charge < -0.3 is 19.3 Å². The molecule has 150 valence electrons. The van der Waals surface area contributed by atoms with Crippen molar-refractivity contribution < 1.29 is 14.3 Å². The summed E-state index contributed by atoms with van der Waals surface area (Å²) in [6, 6.07) is 16.2. The van der Waals surface area contributed by atoms with Crippen LogP contribution in [0.2, 0.25) is 0 Å². The highest BCUT2D eigenvalue weighted by molar-refractivity contribution is 5.84. The Morgan fingerprint density at radius 3 is 2.57 bits per heavy atom. The van der Waals surface area contributed by atoms with Crippen LogP contribution in [0.15, 0.2) is 48.5 Å². The highest BCUT2D eigenvalue weighted by Crippen LogP contribution is 2.36. The molecule has 28 heavy (non-hydrogen) atoms. The van der Waals surface area contributed by atoms with Crippen LogP contribution in [-0.4, -0.2) is 39.3 Å². The number of hydrogen-bond donors (Lipinski definition) is 0. The monoisotopic (exact) mass is 382 g/mol. The van der Waals surface area contributed by atoms with Crippen molar-refractivity contribution in [3.63, 3.8) is 0 Å². The molecule has 0 spiro atoms. The Morgan fingerprint density at radius 1 is 1.14 bits per heavy atom. The van der Waals surface area contributed by atoms with Crippen LogP contribution in [0, 0.1) is 6.92 Å². The average molecular weight is 383 g/mol. The van der Waals surface area contributed by atoms with Crippen LogP contribution in [0.25, 0.3) is 0 Å². The number of aryl methyl sites for hydroxylation is 1. The first-order chi connectivity index (χ1) is 13.4. The lowest BCUT2D eigenvalue weighted by Crippen LogP contribution is -2.41. The summed E-state index contributed by atoms with van der Waals surface area (Å²) in [5.74, 6) is 0. The first-order valence-corrected chi connectivity index (χ1v) is 9.76. The fraction of sp³-hybridized carbons (Fsp3) is 0.435. The van der Waals surface area contributed by atoms with Gasteiger partial charge in [0.05, 0.1) is 23.6 Å². The van der Waals surface area contributed by atoms with Crippen molar-refractivity contribution in [1.82, 2.24) is 0 Å². The highest BCUT2D eigenvalue weighted by Gasteiger charge is 2.34. The second-order valence-electron chi connectivity index (χ2n) is 7.87. The first kappa shape index (κ1) is 20.4. The standard InChI is InChI=1S/C23H30N2O3/c1-18-10-11-20(24(3)4)21(16-18)25(17-26)14-12-23(2)13-15-27-22(28-23)19-8-6-5-7-9-19/h5-11,16-17,22H,12-15H2,1-4H3. The van der Waals surface area contributed by atoms with E-state index < -0.39 is 0 Å². The second kappa shape index (κ2) is 8.76. The maximum atomic E-state index is 11.9. The predicted molar refractivity (Wildman–Crippen MR) is 113 cm³/mol. The molecule has 3 rings (SSSR count). The fourth-order valence-electron chi connectivity index (χ4n) is 3.52. The molecule has 2 aromatic carbocycles. The van der Waals surface area contributed by atoms with Crippen molar-refractivity contribution in [3.8, 4) is 0 Å². The van der Waals surface area contributed by atoms with E-state index in [1.54, 1.807) is 4.90 Å². The number of carbonyl (C=O) groups is 1. The number of benzene rings is 2. The maximum Gasteiger partial charge on any atom is 0.214 e. The molecule has 2 atom stereocenters. The molecule has 1 aliphatic heterocycles. The Morgan fingerprint density at radius 2 is 1.89 bits per heavy atom. The van der Waals surface area contributed by atoms with E-state index in [9.17, 15) is 4.79 Å². The number of carbonyl (C=O) groups excluding carboxylic acids is 1. The molecule has 0 N–H and O–H groups in total. The van der Waals surface area contributed by atoms with Gasteiger partial charge in [0.2, 0.25) is 6.41 Å². The van der Waals surface area contributed by atoms with E-state index >= 15 is 0 Å². The van der Waals surface area contributed by atoms with Crippen LogP contribution >= 0.6 is 0 Å². The minimum absolute atomic E-state index is 0.345. The minimum Gasteiger partial charge on any atom is -0.376 e. The zero-order chi connectivity index (χ0) is 20.1. The fourth-order valence-corrected chi connectivity index (χ4v) is 3.52. The zero-order valence-electron chi connectivity index (χ0n) is 17.2. The van der Waals surface area contributed by atoms with Crippen molar-refractivity contribution in [2.45, 2.75) is 38.6 Å². The Labute approximate surface area is 167 Å². The van der Waals surface area contributed by atoms with Crippen LogP contribution in [0.4, 0.5) is 11.4 Å². The number of anilines is 2. The third-order valence-corrected chi connectivity index (χ3v) is 5.29. The quantitative estimate of drug-likeness (QED) is 0.669. The molecule has 5 nitrogen and oxygen atoms in total. The van der Waals surface area contributed by atoms with Gasteiger partial charge in [0, 0.05) is 26.2 Å². The summed E-state index contributed by atoms with van der Waals surface area (Å²) in [5, 5.41) is 0. The summed E-state index contributed by atoms with van der Waals surface area (Å²) in [5.41, 5.74) is 3.76. The van der Waals surface area contributed by atoms with Gasteiger partial charge in [0.1, 0.15) is 0 Å². The topological polar surface area (TPSA) is 42.0 Å². The molecule has 1 heterocycles. The van der Waals surface area contributed by atoms with E-state index in [1.165, 1.54) is 0 Å². The van der Waals surface area contributed by atoms with E-state index in [-0.39, 0.29) is 11.9 Å². The molecule has 1 amide bonds. The van der Waals surface area contributed by atoms with Gasteiger partial charge in [-0.3, -0.25) is 4.79 Å². The molecule has 0 saturated carbocycles. The molecule has 1 aliphatic rings. The average Bonchev–Trinajstić information content (AvgIpc) is 2.69. The molecular formula is C23H30N2O3. The van der Waals surface area contributed by atoms with Gasteiger partial charge in [-0.1, -0.05) is 36.4 Å². The van der Waals surface area contributed by atoms with Crippen molar-refractivity contribution in [2.24, 2.45) is 0 Å². The third kappa shape index (κ3) is 4.72. The SMILES string of the molecule is Cc1ccc(N(C)C)c(N(C=O)CCC2(C)CCOC(c3ccccc3)O2)c1. The van der Waals surface area contributed by atoms with Gasteiger partial charge in [-0.25, -0.2) is 0 Å². The van der Waals surface area contributed by atoms with Crippen LogP contribution in [0.1, 0.15) is 37.2 Å². The molecule has 0 aliphatic carbocycles. The van der Waals surface area contributed by atoms with Gasteiger partial charge in [-0.2, -0.15) is 0 Å². The highest BCUT2D eigenvalue weighted by atomic mass is 16.7. The Hall–Kier alpha value is -2.37. The van der Waals surface area contributed by atoms with E-state index in [0.29, 0.717) is 13.2 Å². The zero-order valence-corrected chi connectivity index (χ0v) is 17.2. The summed E-state index contributed by atoms with van der Waals surface area (Å²) in [7, 11) is 3.98. The summed E-state index contributed by atoms with van der Waals surface area (Å²) in [6.07, 6.45) is 2.09. The largest absolute Gasteiger partial charge is 0.376 e. The van der Waals surface area contributed by atoms with Crippen molar-refractivity contribution in [3.05, 3.63) is 59.7 Å². The molecule has 1 saturated heterocycles. The molecule has 2 unspecified atom stereocenters. The Bertz CT molecular complexity index is 794. The smallest absolute Gasteiger partial charge is 0.214 e. The van der Waals surface area contributed by atoms with Gasteiger partial charge in [-0.05, 0) is 44.4 Å². The molecule has 5 heteroatoms. The van der Waals surface area contributed by atoms with Gasteiger partial charge in [-0.15, -0.1) is 0 Å². The maximum absolute atomic E-state index is 11.9. The molecule has 1 fully saturated rings. The molecule has 0 aromatic heterocycles. The van der Waals surface area contributed by atoms with Crippen molar-refractivity contribution >= 4 is 17.8 Å². The molecule has 2 aromatic rings. The van der Waals surface area contributed by atoms with Crippen molar-refractivity contribution in [2.75, 3.05) is 37.0 Å². The third-order valence-electron chi connectivity index (χ3n) is 5.29. The number of nitrogens with zero attached hydrogens (tertiary/aromatic N) is 2. The van der Waals surface area contributed by atoms with Gasteiger partial charge in [0.15, 0.2) is 6.29 Å². The van der Waals surface area contributed by atoms with Crippen molar-refractivity contribution in [1.29, 1.82) is 0 Å². The van der Waals surface area contributed by atoms with Gasteiger partial charge >= 0.3 is 0 Å². The van der Waals surface area contributed by atoms with E-state index in [0.717, 1.165) is 41.8 Å². The summed E-state index contributed by atoms with van der Waals surface area (Å²) in [6.45, 7) is 5.38. The number of hydrogen-bond acceptors (Lipinski definition) is 4.